The molecule has 0 radical (unpaired) electrons. The molecule has 2 N–H and O–H groups in total. The number of nitrogens with one attached hydrogen (secondary N) is 1. The van der Waals surface area contributed by atoms with E-state index in [0.29, 0.717) is 6.42 Å². The van der Waals surface area contributed by atoms with E-state index in [0.717, 1.165) is 32.2 Å². The van der Waals surface area contributed by atoms with E-state index in [1.165, 1.54) is 5.56 Å². The minimum Gasteiger partial charge on any atom is -0.480 e. The van der Waals surface area contributed by atoms with Crippen LogP contribution >= 0.6 is 0 Å². The Balaban J connectivity index is 2.32. The molecule has 0 spiro atoms. The lowest BCUT2D eigenvalue weighted by Gasteiger charge is -2.14. The molecule has 0 aliphatic rings. The van der Waals surface area contributed by atoms with Crippen LogP contribution in [-0.2, 0) is 11.2 Å². The van der Waals surface area contributed by atoms with Gasteiger partial charge in [0.15, 0.2) is 0 Å². The average Bonchev–Trinajstić information content (AvgIpc) is 2.38. The highest BCUT2D eigenvalue weighted by Crippen LogP contribution is 2.05. The summed E-state index contributed by atoms with van der Waals surface area (Å²) in [5.74, 6) is -0.748. The lowest BCUT2D eigenvalue weighted by atomic mass is 10.1. The highest BCUT2D eigenvalue weighted by Gasteiger charge is 2.15. The minimum absolute atomic E-state index is 0.429. The Kier molecular flexibility index (Phi) is 7.11. The van der Waals surface area contributed by atoms with Crippen LogP contribution in [0.1, 0.15) is 38.2 Å². The molecule has 1 aromatic rings. The molecule has 18 heavy (non-hydrogen) atoms. The van der Waals surface area contributed by atoms with Gasteiger partial charge in [0, 0.05) is 0 Å². The Morgan fingerprint density at radius 3 is 2.61 bits per heavy atom. The molecule has 1 atom stereocenters. The predicted molar refractivity (Wildman–Crippen MR) is 73.7 cm³/mol. The molecule has 100 valence electrons. The average molecular weight is 249 g/mol. The van der Waals surface area contributed by atoms with E-state index < -0.39 is 12.0 Å². The predicted octanol–water partition coefficient (Wildman–Crippen LogP) is 2.85. The minimum atomic E-state index is -0.748. The Bertz CT molecular complexity index is 338. The van der Waals surface area contributed by atoms with Crippen molar-refractivity contribution in [2.24, 2.45) is 0 Å². The van der Waals surface area contributed by atoms with Gasteiger partial charge in [-0.25, -0.2) is 0 Å². The number of carboxylic acids is 1. The molecule has 1 unspecified atom stereocenters. The van der Waals surface area contributed by atoms with E-state index in [2.05, 4.69) is 12.2 Å². The van der Waals surface area contributed by atoms with Crippen LogP contribution in [0.4, 0.5) is 0 Å². The maximum Gasteiger partial charge on any atom is 0.320 e. The van der Waals surface area contributed by atoms with Gasteiger partial charge in [-0.3, -0.25) is 4.79 Å². The van der Waals surface area contributed by atoms with Crippen LogP contribution in [-0.4, -0.2) is 23.7 Å². The monoisotopic (exact) mass is 249 g/mol. The fourth-order valence-corrected chi connectivity index (χ4v) is 1.92. The number of aryl methyl sites for hydroxylation is 1. The molecular weight excluding hydrogens is 226 g/mol. The Labute approximate surface area is 109 Å². The van der Waals surface area contributed by atoms with E-state index in [1.54, 1.807) is 0 Å². The summed E-state index contributed by atoms with van der Waals surface area (Å²) < 4.78 is 0. The Morgan fingerprint density at radius 2 is 2.00 bits per heavy atom. The second-order valence-corrected chi connectivity index (χ2v) is 4.58. The molecule has 3 nitrogen and oxygen atoms in total. The molecule has 0 fully saturated rings. The van der Waals surface area contributed by atoms with E-state index in [4.69, 9.17) is 5.11 Å². The van der Waals surface area contributed by atoms with Gasteiger partial charge in [-0.15, -0.1) is 0 Å². The third-order valence-corrected chi connectivity index (χ3v) is 3.03. The molecule has 0 aliphatic carbocycles. The Morgan fingerprint density at radius 1 is 1.28 bits per heavy atom. The quantitative estimate of drug-likeness (QED) is 0.662. The highest BCUT2D eigenvalue weighted by molar-refractivity contribution is 5.73. The SMILES string of the molecule is CCCCCNC(CCc1ccccc1)C(=O)O. The van der Waals surface area contributed by atoms with Gasteiger partial charge >= 0.3 is 5.97 Å². The molecule has 0 saturated carbocycles. The van der Waals surface area contributed by atoms with Gasteiger partial charge in [0.2, 0.25) is 0 Å². The van der Waals surface area contributed by atoms with E-state index in [9.17, 15) is 4.79 Å². The number of rotatable bonds is 9. The Hall–Kier alpha value is -1.35. The van der Waals surface area contributed by atoms with Crippen molar-refractivity contribution in [1.82, 2.24) is 5.32 Å². The summed E-state index contributed by atoms with van der Waals surface area (Å²) in [5.41, 5.74) is 1.19. The van der Waals surface area contributed by atoms with Crippen LogP contribution in [0.15, 0.2) is 30.3 Å². The molecule has 1 aromatic carbocycles. The van der Waals surface area contributed by atoms with Gasteiger partial charge in [0.1, 0.15) is 6.04 Å². The lowest BCUT2D eigenvalue weighted by molar-refractivity contribution is -0.139. The summed E-state index contributed by atoms with van der Waals surface area (Å²) >= 11 is 0. The number of carboxylic acid groups (broad SMARTS) is 1. The fraction of sp³-hybridized carbons (Fsp3) is 0.533. The summed E-state index contributed by atoms with van der Waals surface area (Å²) in [6.45, 7) is 2.93. The van der Waals surface area contributed by atoms with Crippen molar-refractivity contribution in [2.75, 3.05) is 6.54 Å². The number of hydrogen-bond donors (Lipinski definition) is 2. The summed E-state index contributed by atoms with van der Waals surface area (Å²) in [4.78, 5) is 11.1. The molecule has 1 rings (SSSR count). The molecular formula is C15H23NO2. The molecule has 0 aliphatic heterocycles. The number of carbonyl (C=O) groups is 1. The van der Waals surface area contributed by atoms with E-state index >= 15 is 0 Å². The third-order valence-electron chi connectivity index (χ3n) is 3.03. The van der Waals surface area contributed by atoms with Gasteiger partial charge < -0.3 is 10.4 Å². The number of hydrogen-bond acceptors (Lipinski definition) is 2. The first kappa shape index (κ1) is 14.7. The van der Waals surface area contributed by atoms with Crippen molar-refractivity contribution in [1.29, 1.82) is 0 Å². The van der Waals surface area contributed by atoms with Crippen LogP contribution in [0.2, 0.25) is 0 Å². The van der Waals surface area contributed by atoms with Crippen LogP contribution in [0.25, 0.3) is 0 Å². The standard InChI is InChI=1S/C15H23NO2/c1-2-3-7-12-16-14(15(17)18)11-10-13-8-5-4-6-9-13/h4-6,8-9,14,16H,2-3,7,10-12H2,1H3,(H,17,18). The van der Waals surface area contributed by atoms with Gasteiger partial charge in [0.05, 0.1) is 0 Å². The number of unbranched alkanes of at least 4 members (excludes halogenated alkanes) is 2. The number of aliphatic carboxylic acids is 1. The molecule has 3 heteroatoms. The van der Waals surface area contributed by atoms with Crippen molar-refractivity contribution in [2.45, 2.75) is 45.1 Å². The smallest absolute Gasteiger partial charge is 0.320 e. The second kappa shape index (κ2) is 8.70. The van der Waals surface area contributed by atoms with Crippen LogP contribution in [0, 0.1) is 0 Å². The summed E-state index contributed by atoms with van der Waals surface area (Å²) in [6.07, 6.45) is 4.80. The largest absolute Gasteiger partial charge is 0.480 e. The third kappa shape index (κ3) is 5.82. The molecule has 0 heterocycles. The maximum atomic E-state index is 11.1. The summed E-state index contributed by atoms with van der Waals surface area (Å²) in [5, 5.41) is 12.3. The summed E-state index contributed by atoms with van der Waals surface area (Å²) in [6, 6.07) is 9.59. The number of benzene rings is 1. The molecule has 0 aromatic heterocycles. The van der Waals surface area contributed by atoms with Crippen molar-refractivity contribution in [3.63, 3.8) is 0 Å². The lowest BCUT2D eigenvalue weighted by Crippen LogP contribution is -2.37. The van der Waals surface area contributed by atoms with Crippen molar-refractivity contribution in [3.8, 4) is 0 Å². The first-order valence-electron chi connectivity index (χ1n) is 6.74. The van der Waals surface area contributed by atoms with Crippen molar-refractivity contribution < 1.29 is 9.90 Å². The summed E-state index contributed by atoms with van der Waals surface area (Å²) in [7, 11) is 0. The fourth-order valence-electron chi connectivity index (χ4n) is 1.92. The molecule has 0 bridgehead atoms. The first-order valence-corrected chi connectivity index (χ1v) is 6.74. The normalized spacial score (nSPS) is 12.3. The van der Waals surface area contributed by atoms with Crippen molar-refractivity contribution >= 4 is 5.97 Å². The van der Waals surface area contributed by atoms with E-state index in [-0.39, 0.29) is 0 Å². The highest BCUT2D eigenvalue weighted by atomic mass is 16.4. The van der Waals surface area contributed by atoms with Crippen molar-refractivity contribution in [3.05, 3.63) is 35.9 Å². The van der Waals surface area contributed by atoms with Gasteiger partial charge in [-0.05, 0) is 31.4 Å². The maximum absolute atomic E-state index is 11.1. The molecule has 0 amide bonds. The van der Waals surface area contributed by atoms with Crippen LogP contribution in [0.3, 0.4) is 0 Å². The zero-order valence-corrected chi connectivity index (χ0v) is 11.1. The zero-order chi connectivity index (χ0) is 13.2. The van der Waals surface area contributed by atoms with Crippen LogP contribution in [0.5, 0.6) is 0 Å². The van der Waals surface area contributed by atoms with Gasteiger partial charge in [0.25, 0.3) is 0 Å². The second-order valence-electron chi connectivity index (χ2n) is 4.58. The van der Waals surface area contributed by atoms with Gasteiger partial charge in [-0.1, -0.05) is 50.1 Å². The zero-order valence-electron chi connectivity index (χ0n) is 11.1. The molecule has 0 saturated heterocycles. The first-order chi connectivity index (χ1) is 8.74. The van der Waals surface area contributed by atoms with Crippen LogP contribution < -0.4 is 5.32 Å². The topological polar surface area (TPSA) is 49.3 Å². The van der Waals surface area contributed by atoms with E-state index in [1.807, 2.05) is 30.3 Å². The van der Waals surface area contributed by atoms with Gasteiger partial charge in [-0.2, -0.15) is 0 Å².